The third-order valence-corrected chi connectivity index (χ3v) is 8.12. The molecule has 182 valence electrons. The molecule has 2 aromatic rings. The van der Waals surface area contributed by atoms with Gasteiger partial charge in [0, 0.05) is 23.7 Å². The van der Waals surface area contributed by atoms with Crippen LogP contribution < -0.4 is 4.90 Å². The first-order valence-corrected chi connectivity index (χ1v) is 13.1. The summed E-state index contributed by atoms with van der Waals surface area (Å²) in [5, 5.41) is 21.0. The van der Waals surface area contributed by atoms with E-state index in [4.69, 9.17) is 4.74 Å². The van der Waals surface area contributed by atoms with Gasteiger partial charge in [0.25, 0.3) is 0 Å². The van der Waals surface area contributed by atoms with Gasteiger partial charge in [-0.2, -0.15) is 5.26 Å². The summed E-state index contributed by atoms with van der Waals surface area (Å²) in [5.41, 5.74) is 3.35. The van der Waals surface area contributed by atoms with Crippen molar-refractivity contribution in [2.24, 2.45) is 5.92 Å². The Bertz CT molecular complexity index is 985. The Balaban J connectivity index is 1.62. The molecule has 0 bridgehead atoms. The van der Waals surface area contributed by atoms with E-state index in [9.17, 15) is 10.4 Å². The smallest absolute Gasteiger partial charge is 0.130 e. The molecule has 4 nitrogen and oxygen atoms in total. The molecule has 1 fully saturated rings. The third kappa shape index (κ3) is 5.16. The van der Waals surface area contributed by atoms with Crippen LogP contribution in [0.4, 0.5) is 5.69 Å². The van der Waals surface area contributed by atoms with Gasteiger partial charge < -0.3 is 14.7 Å². The second kappa shape index (κ2) is 10.9. The largest absolute Gasteiger partial charge is 0.384 e. The molecule has 4 rings (SSSR count). The minimum atomic E-state index is -1.09. The fourth-order valence-corrected chi connectivity index (χ4v) is 5.86. The summed E-state index contributed by atoms with van der Waals surface area (Å²) in [6.45, 7) is 7.52. The molecule has 1 saturated heterocycles. The lowest BCUT2D eigenvalue weighted by Gasteiger charge is -2.45. The van der Waals surface area contributed by atoms with Crippen LogP contribution in [0.5, 0.6) is 0 Å². The molecule has 5 unspecified atom stereocenters. The predicted molar refractivity (Wildman–Crippen MR) is 137 cm³/mol. The van der Waals surface area contributed by atoms with Gasteiger partial charge in [-0.25, -0.2) is 0 Å². The number of unbranched alkanes of at least 4 members (excludes halogenated alkanes) is 2. The Morgan fingerprint density at radius 1 is 1.15 bits per heavy atom. The zero-order valence-corrected chi connectivity index (χ0v) is 21.0. The van der Waals surface area contributed by atoms with Gasteiger partial charge in [0.15, 0.2) is 0 Å². The Hall–Kier alpha value is -2.35. The molecule has 5 atom stereocenters. The van der Waals surface area contributed by atoms with E-state index in [0.717, 1.165) is 24.1 Å². The van der Waals surface area contributed by atoms with Crippen molar-refractivity contribution in [2.45, 2.75) is 103 Å². The zero-order valence-electron chi connectivity index (χ0n) is 21.0. The van der Waals surface area contributed by atoms with Gasteiger partial charge in [-0.3, -0.25) is 0 Å². The van der Waals surface area contributed by atoms with Gasteiger partial charge in [-0.1, -0.05) is 88.9 Å². The van der Waals surface area contributed by atoms with Crippen LogP contribution in [-0.2, 0) is 16.9 Å². The van der Waals surface area contributed by atoms with Crippen LogP contribution in [0.3, 0.4) is 0 Å². The Morgan fingerprint density at radius 2 is 1.94 bits per heavy atom. The van der Waals surface area contributed by atoms with Crippen molar-refractivity contribution in [3.05, 3.63) is 65.2 Å². The summed E-state index contributed by atoms with van der Waals surface area (Å²) in [6, 6.07) is 19.3. The first-order chi connectivity index (χ1) is 16.5. The van der Waals surface area contributed by atoms with Crippen LogP contribution >= 0.6 is 0 Å². The van der Waals surface area contributed by atoms with Crippen molar-refractivity contribution < 1.29 is 9.84 Å². The molecule has 2 heterocycles. The van der Waals surface area contributed by atoms with Gasteiger partial charge in [0.05, 0.1) is 19.1 Å². The van der Waals surface area contributed by atoms with E-state index in [2.05, 4.69) is 62.1 Å². The van der Waals surface area contributed by atoms with Crippen LogP contribution in [0, 0.1) is 17.2 Å². The average molecular weight is 461 g/mol. The first kappa shape index (κ1) is 24.8. The number of rotatable bonds is 10. The van der Waals surface area contributed by atoms with Crippen molar-refractivity contribution in [1.29, 1.82) is 5.26 Å². The topological polar surface area (TPSA) is 56.5 Å². The number of nitriles is 1. The highest BCUT2D eigenvalue weighted by molar-refractivity contribution is 5.62. The Labute approximate surface area is 205 Å². The molecule has 34 heavy (non-hydrogen) atoms. The molecule has 0 spiro atoms. The van der Waals surface area contributed by atoms with E-state index in [1.54, 1.807) is 0 Å². The van der Waals surface area contributed by atoms with Crippen LogP contribution in [-0.4, -0.2) is 17.4 Å². The summed E-state index contributed by atoms with van der Waals surface area (Å²) in [6.07, 6.45) is 7.66. The molecule has 2 aliphatic rings. The zero-order chi connectivity index (χ0) is 24.1. The standard InChI is InChI=1S/C30H40N2O2/c1-4-5-7-10-22(2)23(3)25-13-15-27-28(19-25)32-26(20-30(27,33)17-18-31)14-16-29(32)34-21-24-11-8-6-9-12-24/h6,8-9,11-13,15,19,22-23,26,29,33H,4-5,7,10,14,16-17,20-21H2,1-3H3. The van der Waals surface area contributed by atoms with Gasteiger partial charge in [-0.15, -0.1) is 0 Å². The number of benzene rings is 2. The van der Waals surface area contributed by atoms with Crippen molar-refractivity contribution in [2.75, 3.05) is 4.90 Å². The third-order valence-electron chi connectivity index (χ3n) is 8.12. The van der Waals surface area contributed by atoms with Crippen LogP contribution in [0.15, 0.2) is 48.5 Å². The number of fused-ring (bicyclic) bond motifs is 3. The number of hydrogen-bond donors (Lipinski definition) is 1. The summed E-state index contributed by atoms with van der Waals surface area (Å²) in [4.78, 5) is 2.40. The van der Waals surface area contributed by atoms with E-state index in [0.29, 0.717) is 24.9 Å². The van der Waals surface area contributed by atoms with Crippen molar-refractivity contribution >= 4 is 5.69 Å². The van der Waals surface area contributed by atoms with Crippen molar-refractivity contribution in [3.8, 4) is 6.07 Å². The highest BCUT2D eigenvalue weighted by atomic mass is 16.5. The van der Waals surface area contributed by atoms with Crippen molar-refractivity contribution in [3.63, 3.8) is 0 Å². The molecular formula is C30H40N2O2. The maximum atomic E-state index is 11.6. The molecule has 0 radical (unpaired) electrons. The SMILES string of the molecule is CCCCCC(C)C(C)c1ccc2c(c1)N1C(CCC1OCc1ccccc1)CC2(O)CC#N. The van der Waals surface area contributed by atoms with E-state index in [1.165, 1.54) is 36.8 Å². The van der Waals surface area contributed by atoms with E-state index in [1.807, 2.05) is 18.2 Å². The Kier molecular flexibility index (Phi) is 7.96. The van der Waals surface area contributed by atoms with Crippen LogP contribution in [0.25, 0.3) is 0 Å². The van der Waals surface area contributed by atoms with Gasteiger partial charge >= 0.3 is 0 Å². The van der Waals surface area contributed by atoms with Gasteiger partial charge in [0.2, 0.25) is 0 Å². The first-order valence-electron chi connectivity index (χ1n) is 13.1. The normalized spacial score (nSPS) is 25.3. The molecule has 0 aromatic heterocycles. The number of anilines is 1. The quantitative estimate of drug-likeness (QED) is 0.387. The molecule has 1 N–H and O–H groups in total. The second-order valence-corrected chi connectivity index (χ2v) is 10.5. The fourth-order valence-electron chi connectivity index (χ4n) is 5.86. The van der Waals surface area contributed by atoms with E-state index < -0.39 is 5.60 Å². The molecule has 2 aliphatic heterocycles. The number of aliphatic hydroxyl groups is 1. The number of ether oxygens (including phenoxy) is 1. The lowest BCUT2D eigenvalue weighted by Crippen LogP contribution is -2.47. The van der Waals surface area contributed by atoms with Crippen molar-refractivity contribution in [1.82, 2.24) is 0 Å². The Morgan fingerprint density at radius 3 is 2.68 bits per heavy atom. The average Bonchev–Trinajstić information content (AvgIpc) is 3.25. The van der Waals surface area contributed by atoms with E-state index >= 15 is 0 Å². The van der Waals surface area contributed by atoms with Crippen LogP contribution in [0.2, 0.25) is 0 Å². The molecule has 4 heteroatoms. The minimum absolute atomic E-state index is 0.0110. The maximum absolute atomic E-state index is 11.6. The summed E-state index contributed by atoms with van der Waals surface area (Å²) in [5.74, 6) is 1.04. The lowest BCUT2D eigenvalue weighted by molar-refractivity contribution is 0.0100. The molecule has 0 amide bonds. The molecule has 2 aromatic carbocycles. The predicted octanol–water partition coefficient (Wildman–Crippen LogP) is 7.02. The van der Waals surface area contributed by atoms with Gasteiger partial charge in [-0.05, 0) is 41.9 Å². The lowest BCUT2D eigenvalue weighted by atomic mass is 9.77. The highest BCUT2D eigenvalue weighted by Crippen LogP contribution is 2.49. The molecule has 0 saturated carbocycles. The number of nitrogens with zero attached hydrogens (tertiary/aromatic N) is 2. The molecule has 0 aliphatic carbocycles. The highest BCUT2D eigenvalue weighted by Gasteiger charge is 2.47. The fraction of sp³-hybridized carbons (Fsp3) is 0.567. The van der Waals surface area contributed by atoms with Crippen LogP contribution in [0.1, 0.15) is 94.7 Å². The molecular weight excluding hydrogens is 420 g/mol. The number of hydrogen-bond acceptors (Lipinski definition) is 4. The summed E-state index contributed by atoms with van der Waals surface area (Å²) in [7, 11) is 0. The summed E-state index contributed by atoms with van der Waals surface area (Å²) < 4.78 is 6.44. The maximum Gasteiger partial charge on any atom is 0.130 e. The van der Waals surface area contributed by atoms with E-state index in [-0.39, 0.29) is 18.7 Å². The van der Waals surface area contributed by atoms with Gasteiger partial charge in [0.1, 0.15) is 11.8 Å². The minimum Gasteiger partial charge on any atom is -0.384 e. The second-order valence-electron chi connectivity index (χ2n) is 10.5. The monoisotopic (exact) mass is 460 g/mol. The summed E-state index contributed by atoms with van der Waals surface area (Å²) >= 11 is 0.